The molecule has 1 aliphatic rings. The lowest BCUT2D eigenvalue weighted by atomic mass is 10.0. The number of ether oxygens (including phenoxy) is 1. The van der Waals surface area contributed by atoms with Crippen molar-refractivity contribution in [2.75, 3.05) is 5.32 Å². The maximum absolute atomic E-state index is 12.2. The summed E-state index contributed by atoms with van der Waals surface area (Å²) in [6.45, 7) is 4.38. The smallest absolute Gasteiger partial charge is 0.238 e. The summed E-state index contributed by atoms with van der Waals surface area (Å²) in [6, 6.07) is 15.6. The van der Waals surface area contributed by atoms with Crippen molar-refractivity contribution in [3.8, 4) is 5.75 Å². The molecule has 4 rings (SSSR count). The molecule has 5 nitrogen and oxygen atoms in total. The Bertz CT molecular complexity index is 986. The summed E-state index contributed by atoms with van der Waals surface area (Å²) in [7, 11) is 0. The summed E-state index contributed by atoms with van der Waals surface area (Å²) in [5.74, 6) is 1.39. The molecule has 144 valence electrons. The van der Waals surface area contributed by atoms with Crippen LogP contribution < -0.4 is 10.1 Å². The third-order valence-corrected chi connectivity index (χ3v) is 6.36. The van der Waals surface area contributed by atoms with Gasteiger partial charge in [-0.25, -0.2) is 0 Å². The number of hydrogen-bond acceptors (Lipinski definition) is 4. The van der Waals surface area contributed by atoms with Crippen LogP contribution in [0.4, 0.5) is 5.82 Å². The number of anilines is 1. The minimum atomic E-state index is -0.167. The number of benzene rings is 2. The fourth-order valence-electron chi connectivity index (χ4n) is 3.14. The summed E-state index contributed by atoms with van der Waals surface area (Å²) >= 11 is 7.54. The standard InChI is InChI=1S/C21H20ClN3O2S/c1-12-18-19(28-13(2)21(26)23-20(18)25-24-12)15-5-9-17(10-6-15)27-11-14-3-7-16(22)8-4-14/h3-10,13,19H,11H2,1-2H3,(H2,23,24,25,26). The molecule has 0 saturated heterocycles. The summed E-state index contributed by atoms with van der Waals surface area (Å²) in [6.07, 6.45) is 0. The van der Waals surface area contributed by atoms with Gasteiger partial charge in [0, 0.05) is 16.3 Å². The van der Waals surface area contributed by atoms with Crippen molar-refractivity contribution in [3.05, 3.63) is 75.9 Å². The van der Waals surface area contributed by atoms with E-state index >= 15 is 0 Å². The lowest BCUT2D eigenvalue weighted by Gasteiger charge is -2.18. The zero-order chi connectivity index (χ0) is 19.7. The highest BCUT2D eigenvalue weighted by atomic mass is 35.5. The van der Waals surface area contributed by atoms with E-state index in [-0.39, 0.29) is 16.4 Å². The summed E-state index contributed by atoms with van der Waals surface area (Å²) in [5.41, 5.74) is 4.16. The Morgan fingerprint density at radius 1 is 1.14 bits per heavy atom. The van der Waals surface area contributed by atoms with Gasteiger partial charge < -0.3 is 10.1 Å². The minimum Gasteiger partial charge on any atom is -0.489 e. The van der Waals surface area contributed by atoms with Gasteiger partial charge in [0.25, 0.3) is 0 Å². The summed E-state index contributed by atoms with van der Waals surface area (Å²) in [4.78, 5) is 12.2. The number of aromatic amines is 1. The molecule has 28 heavy (non-hydrogen) atoms. The number of carbonyl (C=O) groups is 1. The molecule has 0 fully saturated rings. The number of nitrogens with zero attached hydrogens (tertiary/aromatic N) is 1. The molecule has 1 aromatic heterocycles. The van der Waals surface area contributed by atoms with Crippen LogP contribution in [-0.2, 0) is 11.4 Å². The number of aryl methyl sites for hydroxylation is 1. The molecule has 7 heteroatoms. The molecule has 2 N–H and O–H groups in total. The van der Waals surface area contributed by atoms with Crippen molar-refractivity contribution in [1.29, 1.82) is 0 Å². The van der Waals surface area contributed by atoms with Crippen molar-refractivity contribution >= 4 is 35.1 Å². The zero-order valence-electron chi connectivity index (χ0n) is 15.5. The number of aromatic nitrogens is 2. The highest BCUT2D eigenvalue weighted by molar-refractivity contribution is 8.01. The molecule has 1 aliphatic heterocycles. The first-order valence-electron chi connectivity index (χ1n) is 8.99. The van der Waals surface area contributed by atoms with Gasteiger partial charge in [-0.3, -0.25) is 9.89 Å². The van der Waals surface area contributed by atoms with E-state index in [9.17, 15) is 4.79 Å². The van der Waals surface area contributed by atoms with Crippen LogP contribution in [0.25, 0.3) is 0 Å². The third-order valence-electron chi connectivity index (χ3n) is 4.71. The van der Waals surface area contributed by atoms with E-state index in [1.807, 2.05) is 62.4 Å². The van der Waals surface area contributed by atoms with Gasteiger partial charge in [0.15, 0.2) is 5.82 Å². The average molecular weight is 414 g/mol. The number of nitrogens with one attached hydrogen (secondary N) is 2. The molecule has 0 saturated carbocycles. The molecule has 0 spiro atoms. The van der Waals surface area contributed by atoms with Crippen molar-refractivity contribution in [3.63, 3.8) is 0 Å². The largest absolute Gasteiger partial charge is 0.489 e. The first kappa shape index (κ1) is 18.9. The van der Waals surface area contributed by atoms with E-state index in [0.29, 0.717) is 17.4 Å². The van der Waals surface area contributed by atoms with Gasteiger partial charge >= 0.3 is 0 Å². The topological polar surface area (TPSA) is 67.0 Å². The number of fused-ring (bicyclic) bond motifs is 1. The fraction of sp³-hybridized carbons (Fsp3) is 0.238. The predicted molar refractivity (Wildman–Crippen MR) is 113 cm³/mol. The van der Waals surface area contributed by atoms with E-state index in [1.54, 1.807) is 11.8 Å². The molecule has 0 bridgehead atoms. The normalized spacial score (nSPS) is 18.9. The van der Waals surface area contributed by atoms with E-state index < -0.39 is 0 Å². The second-order valence-corrected chi connectivity index (χ2v) is 8.63. The van der Waals surface area contributed by atoms with Crippen LogP contribution in [0.2, 0.25) is 5.02 Å². The molecular weight excluding hydrogens is 394 g/mol. The molecule has 0 radical (unpaired) electrons. The van der Waals surface area contributed by atoms with Crippen molar-refractivity contribution in [1.82, 2.24) is 10.2 Å². The second kappa shape index (κ2) is 7.89. The van der Waals surface area contributed by atoms with E-state index in [4.69, 9.17) is 16.3 Å². The summed E-state index contributed by atoms with van der Waals surface area (Å²) in [5, 5.41) is 10.7. The van der Waals surface area contributed by atoms with Crippen molar-refractivity contribution < 1.29 is 9.53 Å². The van der Waals surface area contributed by atoms with Crippen LogP contribution in [0.15, 0.2) is 48.5 Å². The minimum absolute atomic E-state index is 0.0213. The van der Waals surface area contributed by atoms with Crippen molar-refractivity contribution in [2.24, 2.45) is 0 Å². The number of amides is 1. The Morgan fingerprint density at radius 3 is 2.57 bits per heavy atom. The monoisotopic (exact) mass is 413 g/mol. The lowest BCUT2D eigenvalue weighted by molar-refractivity contribution is -0.115. The molecule has 2 unspecified atom stereocenters. The number of thioether (sulfide) groups is 1. The number of rotatable bonds is 4. The lowest BCUT2D eigenvalue weighted by Crippen LogP contribution is -2.21. The number of halogens is 1. The molecular formula is C21H20ClN3O2S. The first-order valence-corrected chi connectivity index (χ1v) is 10.3. The van der Waals surface area contributed by atoms with Crippen LogP contribution in [0.5, 0.6) is 5.75 Å². The number of carbonyl (C=O) groups excluding carboxylic acids is 1. The first-order chi connectivity index (χ1) is 13.5. The maximum atomic E-state index is 12.2. The van der Waals surface area contributed by atoms with Gasteiger partial charge in [-0.15, -0.1) is 11.8 Å². The van der Waals surface area contributed by atoms with Crippen LogP contribution in [-0.4, -0.2) is 21.4 Å². The SMILES string of the molecule is Cc1[nH]nc2c1C(c1ccc(OCc3ccc(Cl)cc3)cc1)SC(C)C(=O)N2. The van der Waals surface area contributed by atoms with Gasteiger partial charge in [-0.1, -0.05) is 35.9 Å². The maximum Gasteiger partial charge on any atom is 0.238 e. The van der Waals surface area contributed by atoms with Crippen LogP contribution >= 0.6 is 23.4 Å². The highest BCUT2D eigenvalue weighted by Gasteiger charge is 2.32. The average Bonchev–Trinajstić information content (AvgIpc) is 2.99. The summed E-state index contributed by atoms with van der Waals surface area (Å²) < 4.78 is 5.88. The second-order valence-electron chi connectivity index (χ2n) is 6.74. The van der Waals surface area contributed by atoms with Crippen LogP contribution in [0, 0.1) is 6.92 Å². The van der Waals surface area contributed by atoms with Gasteiger partial charge in [0.05, 0.1) is 10.5 Å². The van der Waals surface area contributed by atoms with E-state index in [0.717, 1.165) is 28.1 Å². The molecule has 2 heterocycles. The number of H-pyrrole nitrogens is 1. The fourth-order valence-corrected chi connectivity index (χ4v) is 4.59. The predicted octanol–water partition coefficient (Wildman–Crippen LogP) is 5.11. The van der Waals surface area contributed by atoms with Crippen LogP contribution in [0.1, 0.15) is 34.6 Å². The highest BCUT2D eigenvalue weighted by Crippen LogP contribution is 2.44. The Kier molecular flexibility index (Phi) is 5.33. The van der Waals surface area contributed by atoms with Gasteiger partial charge in [0.2, 0.25) is 5.91 Å². The molecule has 2 aromatic carbocycles. The third kappa shape index (κ3) is 3.88. The molecule has 1 amide bonds. The van der Waals surface area contributed by atoms with Gasteiger partial charge in [-0.2, -0.15) is 5.10 Å². The quantitative estimate of drug-likeness (QED) is 0.623. The Morgan fingerprint density at radius 2 is 1.86 bits per heavy atom. The van der Waals surface area contributed by atoms with Crippen LogP contribution in [0.3, 0.4) is 0 Å². The number of hydrogen-bond donors (Lipinski definition) is 2. The van der Waals surface area contributed by atoms with Gasteiger partial charge in [-0.05, 0) is 49.2 Å². The Hall–Kier alpha value is -2.44. The molecule has 0 aliphatic carbocycles. The molecule has 3 aromatic rings. The Labute approximate surface area is 172 Å². The zero-order valence-corrected chi connectivity index (χ0v) is 17.1. The van der Waals surface area contributed by atoms with Crippen molar-refractivity contribution in [2.45, 2.75) is 31.0 Å². The van der Waals surface area contributed by atoms with E-state index in [2.05, 4.69) is 15.5 Å². The molecule has 2 atom stereocenters. The van der Waals surface area contributed by atoms with E-state index in [1.165, 1.54) is 0 Å². The van der Waals surface area contributed by atoms with Gasteiger partial charge in [0.1, 0.15) is 12.4 Å². The Balaban J connectivity index is 1.53.